The Labute approximate surface area is 120 Å². The van der Waals surface area contributed by atoms with Crippen molar-refractivity contribution < 1.29 is 4.79 Å². The molecule has 3 N–H and O–H groups in total. The van der Waals surface area contributed by atoms with Crippen LogP contribution in [0, 0.1) is 0 Å². The molecule has 0 spiro atoms. The number of hydrogen-bond donors (Lipinski definition) is 2. The maximum Gasteiger partial charge on any atom is 0.237 e. The maximum atomic E-state index is 12.1. The van der Waals surface area contributed by atoms with E-state index in [1.54, 1.807) is 11.8 Å². The largest absolute Gasteiger partial charge is 0.348 e. The lowest BCUT2D eigenvalue weighted by Crippen LogP contribution is -2.42. The van der Waals surface area contributed by atoms with Crippen LogP contribution in [-0.2, 0) is 4.79 Å². The molecule has 0 aromatic heterocycles. The third-order valence-corrected chi connectivity index (χ3v) is 3.71. The topological polar surface area (TPSA) is 55.1 Å². The average Bonchev–Trinajstić information content (AvgIpc) is 2.45. The lowest BCUT2D eigenvalue weighted by atomic mass is 10.0. The Morgan fingerprint density at radius 3 is 2.58 bits per heavy atom. The number of nitrogens with one attached hydrogen (secondary N) is 1. The van der Waals surface area contributed by atoms with Gasteiger partial charge < -0.3 is 11.1 Å². The first-order valence-electron chi connectivity index (χ1n) is 6.78. The van der Waals surface area contributed by atoms with E-state index in [-0.39, 0.29) is 11.9 Å². The molecule has 0 fully saturated rings. The molecule has 0 aliphatic rings. The average molecular weight is 280 g/mol. The minimum Gasteiger partial charge on any atom is -0.348 e. The van der Waals surface area contributed by atoms with E-state index >= 15 is 0 Å². The predicted octanol–water partition coefficient (Wildman–Crippen LogP) is 2.72. The molecule has 1 aromatic carbocycles. The number of nitrogens with two attached hydrogens (primary N) is 1. The third-order valence-electron chi connectivity index (χ3n) is 3.07. The molecule has 19 heavy (non-hydrogen) atoms. The molecule has 0 radical (unpaired) electrons. The predicted molar refractivity (Wildman–Crippen MR) is 83.2 cm³/mol. The van der Waals surface area contributed by atoms with Gasteiger partial charge in [0.25, 0.3) is 0 Å². The summed E-state index contributed by atoms with van der Waals surface area (Å²) in [7, 11) is 0. The number of benzene rings is 1. The van der Waals surface area contributed by atoms with E-state index < -0.39 is 6.04 Å². The van der Waals surface area contributed by atoms with Gasteiger partial charge in [0.1, 0.15) is 0 Å². The van der Waals surface area contributed by atoms with Gasteiger partial charge in [-0.15, -0.1) is 0 Å². The van der Waals surface area contributed by atoms with E-state index in [9.17, 15) is 4.79 Å². The zero-order chi connectivity index (χ0) is 14.1. The first kappa shape index (κ1) is 16.1. The summed E-state index contributed by atoms with van der Waals surface area (Å²) < 4.78 is 0. The van der Waals surface area contributed by atoms with Crippen LogP contribution in [0.1, 0.15) is 37.8 Å². The number of amides is 1. The van der Waals surface area contributed by atoms with Crippen molar-refractivity contribution >= 4 is 17.7 Å². The monoisotopic (exact) mass is 280 g/mol. The Balaban J connectivity index is 2.61. The summed E-state index contributed by atoms with van der Waals surface area (Å²) in [6, 6.07) is 9.74. The normalized spacial score (nSPS) is 13.8. The standard InChI is InChI=1S/C15H24N2OS/c1-3-7-14(12-8-5-4-6-9-12)17-15(18)13(16)10-11-19-2/h4-6,8-9,13-14H,3,7,10-11,16H2,1-2H3,(H,17,18)/t13-,14?/m0/s1. The van der Waals surface area contributed by atoms with E-state index in [1.165, 1.54) is 0 Å². The van der Waals surface area contributed by atoms with Crippen LogP contribution in [-0.4, -0.2) is 24.0 Å². The van der Waals surface area contributed by atoms with E-state index in [1.807, 2.05) is 36.6 Å². The van der Waals surface area contributed by atoms with Crippen LogP contribution in [0.2, 0.25) is 0 Å². The fraction of sp³-hybridized carbons (Fsp3) is 0.533. The van der Waals surface area contributed by atoms with E-state index in [4.69, 9.17) is 5.73 Å². The highest BCUT2D eigenvalue weighted by Crippen LogP contribution is 2.18. The quantitative estimate of drug-likeness (QED) is 0.770. The van der Waals surface area contributed by atoms with Crippen LogP contribution in [0.15, 0.2) is 30.3 Å². The highest BCUT2D eigenvalue weighted by atomic mass is 32.2. The summed E-state index contributed by atoms with van der Waals surface area (Å²) in [5.41, 5.74) is 7.05. The summed E-state index contributed by atoms with van der Waals surface area (Å²) in [4.78, 5) is 12.1. The molecule has 0 bridgehead atoms. The molecule has 0 saturated heterocycles. The van der Waals surface area contributed by atoms with Crippen LogP contribution >= 0.6 is 11.8 Å². The molecule has 0 aliphatic carbocycles. The van der Waals surface area contributed by atoms with E-state index in [2.05, 4.69) is 12.2 Å². The molecule has 3 nitrogen and oxygen atoms in total. The first-order chi connectivity index (χ1) is 9.19. The molecule has 1 aromatic rings. The zero-order valence-electron chi connectivity index (χ0n) is 11.8. The van der Waals surface area contributed by atoms with Gasteiger partial charge >= 0.3 is 0 Å². The fourth-order valence-corrected chi connectivity index (χ4v) is 2.44. The molecule has 106 valence electrons. The van der Waals surface area contributed by atoms with Crippen molar-refractivity contribution in [1.29, 1.82) is 0 Å². The molecule has 2 atom stereocenters. The molecule has 0 saturated carbocycles. The second kappa shape index (κ2) is 8.99. The van der Waals surface area contributed by atoms with Gasteiger partial charge in [0.2, 0.25) is 5.91 Å². The van der Waals surface area contributed by atoms with Gasteiger partial charge in [-0.3, -0.25) is 4.79 Å². The number of carbonyl (C=O) groups excluding carboxylic acids is 1. The van der Waals surface area contributed by atoms with Gasteiger partial charge in [0.05, 0.1) is 12.1 Å². The molecule has 0 aliphatic heterocycles. The number of hydrogen-bond acceptors (Lipinski definition) is 3. The van der Waals surface area contributed by atoms with Crippen molar-refractivity contribution in [2.24, 2.45) is 5.73 Å². The minimum atomic E-state index is -0.407. The molecular weight excluding hydrogens is 256 g/mol. The van der Waals surface area contributed by atoms with Crippen LogP contribution in [0.3, 0.4) is 0 Å². The second-order valence-corrected chi connectivity index (χ2v) is 5.63. The Morgan fingerprint density at radius 1 is 1.32 bits per heavy atom. The van der Waals surface area contributed by atoms with Gasteiger partial charge in [0, 0.05) is 0 Å². The maximum absolute atomic E-state index is 12.1. The van der Waals surface area contributed by atoms with Crippen LogP contribution in [0.4, 0.5) is 0 Å². The summed E-state index contributed by atoms with van der Waals surface area (Å²) in [6.45, 7) is 2.12. The second-order valence-electron chi connectivity index (χ2n) is 4.65. The third kappa shape index (κ3) is 5.66. The fourth-order valence-electron chi connectivity index (χ4n) is 1.95. The number of rotatable bonds is 8. The van der Waals surface area contributed by atoms with E-state index in [0.717, 1.165) is 30.6 Å². The summed E-state index contributed by atoms with van der Waals surface area (Å²) >= 11 is 1.71. The molecule has 0 heterocycles. The SMILES string of the molecule is CCCC(NC(=O)[C@@H](N)CCSC)c1ccccc1. The van der Waals surface area contributed by atoms with E-state index in [0.29, 0.717) is 0 Å². The molecule has 1 rings (SSSR count). The smallest absolute Gasteiger partial charge is 0.237 e. The highest BCUT2D eigenvalue weighted by Gasteiger charge is 2.18. The van der Waals surface area contributed by atoms with Gasteiger partial charge in [-0.2, -0.15) is 11.8 Å². The van der Waals surface area contributed by atoms with Gasteiger partial charge in [0.15, 0.2) is 0 Å². The molecule has 1 amide bonds. The number of thioether (sulfide) groups is 1. The van der Waals surface area contributed by atoms with Crippen molar-refractivity contribution in [3.8, 4) is 0 Å². The van der Waals surface area contributed by atoms with Crippen LogP contribution in [0.5, 0.6) is 0 Å². The first-order valence-corrected chi connectivity index (χ1v) is 8.18. The van der Waals surface area contributed by atoms with Crippen molar-refractivity contribution in [1.82, 2.24) is 5.32 Å². The summed E-state index contributed by atoms with van der Waals surface area (Å²) in [5.74, 6) is 0.870. The van der Waals surface area contributed by atoms with Crippen molar-refractivity contribution in [3.05, 3.63) is 35.9 Å². The van der Waals surface area contributed by atoms with Gasteiger partial charge in [-0.25, -0.2) is 0 Å². The Bertz CT molecular complexity index is 370. The van der Waals surface area contributed by atoms with Gasteiger partial charge in [-0.1, -0.05) is 43.7 Å². The van der Waals surface area contributed by atoms with Crippen LogP contribution < -0.4 is 11.1 Å². The summed E-state index contributed by atoms with van der Waals surface area (Å²) in [6.07, 6.45) is 4.71. The minimum absolute atomic E-state index is 0.0450. The zero-order valence-corrected chi connectivity index (χ0v) is 12.6. The summed E-state index contributed by atoms with van der Waals surface area (Å²) in [5, 5.41) is 3.07. The highest BCUT2D eigenvalue weighted by molar-refractivity contribution is 7.98. The lowest BCUT2D eigenvalue weighted by Gasteiger charge is -2.21. The van der Waals surface area contributed by atoms with Crippen molar-refractivity contribution in [2.75, 3.05) is 12.0 Å². The molecular formula is C15H24N2OS. The van der Waals surface area contributed by atoms with Crippen molar-refractivity contribution in [3.63, 3.8) is 0 Å². The molecule has 1 unspecified atom stereocenters. The Hall–Kier alpha value is -1.00. The Kier molecular flexibility index (Phi) is 7.60. The van der Waals surface area contributed by atoms with Crippen LogP contribution in [0.25, 0.3) is 0 Å². The van der Waals surface area contributed by atoms with Gasteiger partial charge in [-0.05, 0) is 30.4 Å². The van der Waals surface area contributed by atoms with Crippen molar-refractivity contribution in [2.45, 2.75) is 38.3 Å². The number of carbonyl (C=O) groups is 1. The Morgan fingerprint density at radius 2 is 2.00 bits per heavy atom. The lowest BCUT2D eigenvalue weighted by molar-refractivity contribution is -0.123. The molecule has 4 heteroatoms.